The lowest BCUT2D eigenvalue weighted by Crippen LogP contribution is -3.17. The first-order valence-corrected chi connectivity index (χ1v) is 8.20. The van der Waals surface area contributed by atoms with Crippen molar-refractivity contribution in [2.24, 2.45) is 0 Å². The minimum Gasteiger partial charge on any atom is -0.325 e. The van der Waals surface area contributed by atoms with Gasteiger partial charge in [-0.3, -0.25) is 4.79 Å². The zero-order chi connectivity index (χ0) is 13.7. The van der Waals surface area contributed by atoms with Crippen LogP contribution >= 0.6 is 11.8 Å². The summed E-state index contributed by atoms with van der Waals surface area (Å²) in [5.41, 5.74) is 0.934. The Hall–Kier alpha value is -1.00. The number of thioether (sulfide) groups is 1. The van der Waals surface area contributed by atoms with Crippen LogP contribution in [0.1, 0.15) is 26.2 Å². The molecule has 1 aliphatic rings. The lowest BCUT2D eigenvalue weighted by molar-refractivity contribution is -0.920. The number of anilines is 1. The number of quaternary nitrogens is 1. The van der Waals surface area contributed by atoms with Gasteiger partial charge in [0, 0.05) is 4.90 Å². The Balaban J connectivity index is 1.93. The summed E-state index contributed by atoms with van der Waals surface area (Å²) in [5, 5.41) is 3.05. The second-order valence-electron chi connectivity index (χ2n) is 5.23. The van der Waals surface area contributed by atoms with Crippen molar-refractivity contribution in [2.45, 2.75) is 37.1 Å². The van der Waals surface area contributed by atoms with E-state index in [0.29, 0.717) is 12.6 Å². The zero-order valence-corrected chi connectivity index (χ0v) is 12.6. The summed E-state index contributed by atoms with van der Waals surface area (Å²) in [6, 6.07) is 8.58. The Morgan fingerprint density at radius 1 is 1.42 bits per heavy atom. The van der Waals surface area contributed by atoms with Crippen LogP contribution in [0.3, 0.4) is 0 Å². The molecule has 0 radical (unpaired) electrons. The van der Waals surface area contributed by atoms with Crippen molar-refractivity contribution in [3.8, 4) is 0 Å². The smallest absolute Gasteiger partial charge is 0.279 e. The summed E-state index contributed by atoms with van der Waals surface area (Å²) < 4.78 is 0. The highest BCUT2D eigenvalue weighted by Gasteiger charge is 2.24. The molecule has 2 rings (SSSR count). The standard InChI is InChI=1S/C15H22N2OS/c1-12-7-5-6-10-17(12)11-15(18)16-13-8-3-4-9-14(13)19-2/h3-4,8-9,12H,5-7,10-11H2,1-2H3,(H,16,18)/p+1/t12-/m0/s1. The summed E-state index contributed by atoms with van der Waals surface area (Å²) in [4.78, 5) is 14.7. The van der Waals surface area contributed by atoms with Crippen molar-refractivity contribution in [3.05, 3.63) is 24.3 Å². The summed E-state index contributed by atoms with van der Waals surface area (Å²) in [5.74, 6) is 0.130. The molecule has 19 heavy (non-hydrogen) atoms. The van der Waals surface area contributed by atoms with E-state index >= 15 is 0 Å². The molecule has 1 amide bonds. The van der Waals surface area contributed by atoms with Gasteiger partial charge in [-0.1, -0.05) is 12.1 Å². The summed E-state index contributed by atoms with van der Waals surface area (Å²) in [7, 11) is 0. The highest BCUT2D eigenvalue weighted by Crippen LogP contribution is 2.24. The van der Waals surface area contributed by atoms with Crippen molar-refractivity contribution in [3.63, 3.8) is 0 Å². The predicted molar refractivity (Wildman–Crippen MR) is 80.9 cm³/mol. The number of benzene rings is 1. The first kappa shape index (κ1) is 14.4. The highest BCUT2D eigenvalue weighted by atomic mass is 32.2. The number of para-hydroxylation sites is 1. The number of amides is 1. The highest BCUT2D eigenvalue weighted by molar-refractivity contribution is 7.98. The molecular formula is C15H23N2OS+. The van der Waals surface area contributed by atoms with Crippen LogP contribution in [0.25, 0.3) is 0 Å². The third kappa shape index (κ3) is 3.98. The number of piperidine rings is 1. The van der Waals surface area contributed by atoms with Gasteiger partial charge in [0.15, 0.2) is 6.54 Å². The molecule has 4 heteroatoms. The average Bonchev–Trinajstić information content (AvgIpc) is 2.42. The van der Waals surface area contributed by atoms with Gasteiger partial charge in [0.25, 0.3) is 5.91 Å². The quantitative estimate of drug-likeness (QED) is 0.824. The summed E-state index contributed by atoms with van der Waals surface area (Å²) in [6.45, 7) is 3.96. The predicted octanol–water partition coefficient (Wildman–Crippen LogP) is 1.80. The minimum atomic E-state index is 0.130. The molecule has 1 fully saturated rings. The van der Waals surface area contributed by atoms with Crippen LogP contribution in [0.5, 0.6) is 0 Å². The lowest BCUT2D eigenvalue weighted by Gasteiger charge is -2.29. The van der Waals surface area contributed by atoms with E-state index in [9.17, 15) is 4.79 Å². The summed E-state index contributed by atoms with van der Waals surface area (Å²) >= 11 is 1.66. The van der Waals surface area contributed by atoms with Crippen molar-refractivity contribution >= 4 is 23.4 Å². The third-order valence-electron chi connectivity index (χ3n) is 3.85. The van der Waals surface area contributed by atoms with Gasteiger partial charge in [0.2, 0.25) is 0 Å². The molecule has 1 aliphatic heterocycles. The maximum absolute atomic E-state index is 12.2. The molecular weight excluding hydrogens is 256 g/mol. The molecule has 0 aliphatic carbocycles. The van der Waals surface area contributed by atoms with Crippen LogP contribution in [0, 0.1) is 0 Å². The normalized spacial score (nSPS) is 23.1. The molecule has 104 valence electrons. The minimum absolute atomic E-state index is 0.130. The fraction of sp³-hybridized carbons (Fsp3) is 0.533. The number of carbonyl (C=O) groups is 1. The van der Waals surface area contributed by atoms with Gasteiger partial charge < -0.3 is 10.2 Å². The van der Waals surface area contributed by atoms with E-state index in [2.05, 4.69) is 12.2 Å². The monoisotopic (exact) mass is 279 g/mol. The number of likely N-dealkylation sites (tertiary alicyclic amines) is 1. The Morgan fingerprint density at radius 2 is 2.21 bits per heavy atom. The maximum Gasteiger partial charge on any atom is 0.279 e. The Kier molecular flexibility index (Phi) is 5.28. The molecule has 1 aromatic rings. The van der Waals surface area contributed by atoms with E-state index in [0.717, 1.165) is 17.1 Å². The molecule has 1 unspecified atom stereocenters. The van der Waals surface area contributed by atoms with E-state index in [1.807, 2.05) is 30.5 Å². The van der Waals surface area contributed by atoms with Crippen LogP contribution in [-0.2, 0) is 4.79 Å². The van der Waals surface area contributed by atoms with Crippen molar-refractivity contribution < 1.29 is 9.69 Å². The number of hydrogen-bond donors (Lipinski definition) is 2. The largest absolute Gasteiger partial charge is 0.325 e. The zero-order valence-electron chi connectivity index (χ0n) is 11.7. The van der Waals surface area contributed by atoms with Crippen molar-refractivity contribution in [1.29, 1.82) is 0 Å². The molecule has 1 heterocycles. The van der Waals surface area contributed by atoms with E-state index in [4.69, 9.17) is 0 Å². The van der Waals surface area contributed by atoms with Gasteiger partial charge >= 0.3 is 0 Å². The van der Waals surface area contributed by atoms with Crippen LogP contribution in [0.2, 0.25) is 0 Å². The molecule has 1 aromatic carbocycles. The molecule has 1 saturated heterocycles. The van der Waals surface area contributed by atoms with E-state index in [-0.39, 0.29) is 5.91 Å². The van der Waals surface area contributed by atoms with Gasteiger partial charge in [-0.2, -0.15) is 0 Å². The van der Waals surface area contributed by atoms with Crippen molar-refractivity contribution in [2.75, 3.05) is 24.7 Å². The van der Waals surface area contributed by atoms with Crippen LogP contribution in [-0.4, -0.2) is 31.3 Å². The van der Waals surface area contributed by atoms with Gasteiger partial charge in [-0.15, -0.1) is 11.8 Å². The number of rotatable bonds is 4. The van der Waals surface area contributed by atoms with Gasteiger partial charge in [-0.25, -0.2) is 0 Å². The number of nitrogens with one attached hydrogen (secondary N) is 2. The second-order valence-corrected chi connectivity index (χ2v) is 6.08. The molecule has 0 spiro atoms. The fourth-order valence-electron chi connectivity index (χ4n) is 2.66. The molecule has 0 bridgehead atoms. The fourth-order valence-corrected chi connectivity index (χ4v) is 3.22. The second kappa shape index (κ2) is 6.96. The molecule has 2 N–H and O–H groups in total. The van der Waals surface area contributed by atoms with E-state index < -0.39 is 0 Å². The Morgan fingerprint density at radius 3 is 2.95 bits per heavy atom. The first-order valence-electron chi connectivity index (χ1n) is 6.98. The van der Waals surface area contributed by atoms with E-state index in [1.165, 1.54) is 24.2 Å². The molecule has 0 saturated carbocycles. The Bertz CT molecular complexity index is 436. The SMILES string of the molecule is CSc1ccccc1NC(=O)C[NH+]1CCCC[C@@H]1C. The van der Waals surface area contributed by atoms with E-state index in [1.54, 1.807) is 11.8 Å². The van der Waals surface area contributed by atoms with Crippen LogP contribution in [0.4, 0.5) is 5.69 Å². The average molecular weight is 279 g/mol. The number of carbonyl (C=O) groups excluding carboxylic acids is 1. The maximum atomic E-state index is 12.2. The molecule has 0 aromatic heterocycles. The lowest BCUT2D eigenvalue weighted by atomic mass is 10.0. The van der Waals surface area contributed by atoms with Gasteiger partial charge in [0.1, 0.15) is 0 Å². The summed E-state index contributed by atoms with van der Waals surface area (Å²) in [6.07, 6.45) is 5.82. The topological polar surface area (TPSA) is 33.5 Å². The first-order chi connectivity index (χ1) is 9.20. The van der Waals surface area contributed by atoms with Gasteiger partial charge in [0.05, 0.1) is 18.3 Å². The molecule has 2 atom stereocenters. The molecule has 3 nitrogen and oxygen atoms in total. The number of hydrogen-bond acceptors (Lipinski definition) is 2. The third-order valence-corrected chi connectivity index (χ3v) is 4.65. The van der Waals surface area contributed by atoms with Crippen molar-refractivity contribution in [1.82, 2.24) is 0 Å². The Labute approximate surface area is 119 Å². The van der Waals surface area contributed by atoms with Crippen LogP contribution < -0.4 is 10.2 Å². The van der Waals surface area contributed by atoms with Gasteiger partial charge in [-0.05, 0) is 44.6 Å². The van der Waals surface area contributed by atoms with Crippen LogP contribution in [0.15, 0.2) is 29.2 Å².